The molecule has 4 aromatic rings. The number of hydrogen-bond acceptors (Lipinski definition) is 6. The van der Waals surface area contributed by atoms with E-state index < -0.39 is 29.5 Å². The highest BCUT2D eigenvalue weighted by Gasteiger charge is 2.24. The second-order valence-electron chi connectivity index (χ2n) is 10.9. The van der Waals surface area contributed by atoms with E-state index in [1.807, 2.05) is 13.0 Å². The van der Waals surface area contributed by atoms with E-state index in [4.69, 9.17) is 13.9 Å². The fraction of sp³-hybridized carbons (Fsp3) is 0.355. The molecule has 2 aromatic heterocycles. The molecule has 0 saturated heterocycles. The molecule has 0 spiro atoms. The Morgan fingerprint density at radius 1 is 1.00 bits per heavy atom. The number of fused-ring (bicyclic) bond motifs is 2. The van der Waals surface area contributed by atoms with Gasteiger partial charge in [0, 0.05) is 47.4 Å². The molecule has 40 heavy (non-hydrogen) atoms. The molecule has 0 aliphatic carbocycles. The van der Waals surface area contributed by atoms with E-state index in [2.05, 4.69) is 31.4 Å². The molecule has 4 rings (SSSR count). The Hall–Kier alpha value is -4.40. The van der Waals surface area contributed by atoms with Gasteiger partial charge in [0.05, 0.1) is 6.26 Å². The summed E-state index contributed by atoms with van der Waals surface area (Å²) in [5.41, 5.74) is 3.17. The molecule has 3 N–H and O–H groups in total. The Balaban J connectivity index is 1.53. The number of carbonyl (C=O) groups excluding carboxylic acids is 2. The van der Waals surface area contributed by atoms with Crippen LogP contribution in [0, 0.1) is 6.92 Å². The van der Waals surface area contributed by atoms with Gasteiger partial charge in [0.15, 0.2) is 0 Å². The van der Waals surface area contributed by atoms with Crippen LogP contribution in [0.2, 0.25) is 0 Å². The molecule has 1 atom stereocenters. The first kappa shape index (κ1) is 28.6. The van der Waals surface area contributed by atoms with E-state index in [9.17, 15) is 19.2 Å². The van der Waals surface area contributed by atoms with E-state index in [-0.39, 0.29) is 37.6 Å². The third-order valence-corrected chi connectivity index (χ3v) is 6.96. The predicted octanol–water partition coefficient (Wildman–Crippen LogP) is 4.92. The Kier molecular flexibility index (Phi) is 8.42. The summed E-state index contributed by atoms with van der Waals surface area (Å²) in [7, 11) is 0. The van der Waals surface area contributed by atoms with Crippen LogP contribution in [0.1, 0.15) is 68.3 Å². The first-order valence-corrected chi connectivity index (χ1v) is 13.3. The van der Waals surface area contributed by atoms with Gasteiger partial charge >= 0.3 is 11.6 Å². The van der Waals surface area contributed by atoms with E-state index in [1.54, 1.807) is 42.7 Å². The van der Waals surface area contributed by atoms with Crippen LogP contribution >= 0.6 is 0 Å². The topological polar surface area (TPSA) is 139 Å². The summed E-state index contributed by atoms with van der Waals surface area (Å²) in [6.07, 6.45) is 2.03. The average molecular weight is 547 g/mol. The number of aliphatic carboxylic acids is 1. The number of amides is 2. The fourth-order valence-electron chi connectivity index (χ4n) is 4.75. The summed E-state index contributed by atoms with van der Waals surface area (Å²) in [5.74, 6) is -1.79. The molecule has 0 saturated carbocycles. The van der Waals surface area contributed by atoms with Crippen LogP contribution in [0.15, 0.2) is 62.4 Å². The van der Waals surface area contributed by atoms with Crippen molar-refractivity contribution in [2.45, 2.75) is 64.8 Å². The van der Waals surface area contributed by atoms with Crippen molar-refractivity contribution in [1.29, 1.82) is 0 Å². The maximum Gasteiger partial charge on any atom is 0.339 e. The highest BCUT2D eigenvalue weighted by atomic mass is 16.4. The molecule has 0 aliphatic heterocycles. The number of aryl methyl sites for hydroxylation is 1. The maximum atomic E-state index is 13.0. The number of nitrogens with one attached hydrogen (secondary N) is 2. The van der Waals surface area contributed by atoms with E-state index >= 15 is 0 Å². The zero-order valence-corrected chi connectivity index (χ0v) is 23.1. The Bertz CT molecular complexity index is 1610. The lowest BCUT2D eigenvalue weighted by Gasteiger charge is -2.19. The summed E-state index contributed by atoms with van der Waals surface area (Å²) in [6, 6.07) is 11.5. The van der Waals surface area contributed by atoms with Gasteiger partial charge in [-0.3, -0.25) is 14.4 Å². The summed E-state index contributed by atoms with van der Waals surface area (Å²) in [4.78, 5) is 49.5. The summed E-state index contributed by atoms with van der Waals surface area (Å²) >= 11 is 0. The quantitative estimate of drug-likeness (QED) is 0.190. The monoisotopic (exact) mass is 546 g/mol. The molecule has 0 fully saturated rings. The van der Waals surface area contributed by atoms with Crippen molar-refractivity contribution in [2.24, 2.45) is 0 Å². The number of carboxylic acids is 1. The van der Waals surface area contributed by atoms with Crippen molar-refractivity contribution >= 4 is 39.7 Å². The van der Waals surface area contributed by atoms with Crippen molar-refractivity contribution in [2.75, 3.05) is 6.54 Å². The zero-order chi connectivity index (χ0) is 29.0. The minimum absolute atomic E-state index is 0.0338. The standard InChI is InChI=1S/C31H34N2O7/c1-18-20(30(38)40-25-16-24-22(15-21(18)25)23(17-39-24)31(2,3)4)12-13-26(34)33-28(19-9-6-5-7-10-19)29(37)32-14-8-11-27(35)36/h5-7,9-10,15-17,28H,8,11-14H2,1-4H3,(H,32,37)(H,33,34)(H,35,36)/t28-/m1/s1. The first-order chi connectivity index (χ1) is 19.0. The molecule has 0 aliphatic rings. The number of rotatable bonds is 10. The molecule has 0 bridgehead atoms. The number of benzene rings is 2. The van der Waals surface area contributed by atoms with Gasteiger partial charge < -0.3 is 24.6 Å². The van der Waals surface area contributed by atoms with Crippen LogP contribution in [-0.4, -0.2) is 29.4 Å². The van der Waals surface area contributed by atoms with Gasteiger partial charge in [-0.1, -0.05) is 51.1 Å². The molecule has 2 aromatic carbocycles. The normalized spacial score (nSPS) is 12.4. The summed E-state index contributed by atoms with van der Waals surface area (Å²) in [5, 5.41) is 16.0. The van der Waals surface area contributed by atoms with Gasteiger partial charge in [0.25, 0.3) is 0 Å². The van der Waals surface area contributed by atoms with E-state index in [0.717, 1.165) is 21.9 Å². The van der Waals surface area contributed by atoms with Crippen LogP contribution in [0.3, 0.4) is 0 Å². The molecular formula is C31H34N2O7. The number of carbonyl (C=O) groups is 3. The summed E-state index contributed by atoms with van der Waals surface area (Å²) in [6.45, 7) is 8.31. The number of furan rings is 1. The van der Waals surface area contributed by atoms with Gasteiger partial charge in [0.2, 0.25) is 11.8 Å². The summed E-state index contributed by atoms with van der Waals surface area (Å²) < 4.78 is 11.3. The lowest BCUT2D eigenvalue weighted by Crippen LogP contribution is -2.41. The molecule has 2 amide bonds. The van der Waals surface area contributed by atoms with Gasteiger partial charge in [0.1, 0.15) is 17.2 Å². The molecule has 9 heteroatoms. The van der Waals surface area contributed by atoms with Crippen LogP contribution in [0.4, 0.5) is 0 Å². The largest absolute Gasteiger partial charge is 0.481 e. The van der Waals surface area contributed by atoms with Crippen molar-refractivity contribution in [1.82, 2.24) is 10.6 Å². The number of carboxylic acid groups (broad SMARTS) is 1. The van der Waals surface area contributed by atoms with Crippen molar-refractivity contribution in [3.63, 3.8) is 0 Å². The molecule has 9 nitrogen and oxygen atoms in total. The maximum absolute atomic E-state index is 13.0. The molecule has 210 valence electrons. The lowest BCUT2D eigenvalue weighted by atomic mass is 9.86. The van der Waals surface area contributed by atoms with Crippen LogP contribution in [0.5, 0.6) is 0 Å². The molecule has 2 heterocycles. The van der Waals surface area contributed by atoms with Gasteiger partial charge in [-0.15, -0.1) is 0 Å². The SMILES string of the molecule is Cc1c(CCC(=O)N[C@@H](C(=O)NCCCC(=O)O)c2ccccc2)c(=O)oc2cc3occ(C(C)(C)C)c3cc12. The lowest BCUT2D eigenvalue weighted by molar-refractivity contribution is -0.137. The van der Waals surface area contributed by atoms with Crippen LogP contribution in [0.25, 0.3) is 21.9 Å². The molecule has 0 unspecified atom stereocenters. The van der Waals surface area contributed by atoms with Crippen molar-refractivity contribution in [3.8, 4) is 0 Å². The molecule has 0 radical (unpaired) electrons. The average Bonchev–Trinajstić information content (AvgIpc) is 3.32. The van der Waals surface area contributed by atoms with E-state index in [1.165, 1.54) is 0 Å². The van der Waals surface area contributed by atoms with E-state index in [0.29, 0.717) is 22.3 Å². The smallest absolute Gasteiger partial charge is 0.339 e. The zero-order valence-electron chi connectivity index (χ0n) is 23.1. The molecular weight excluding hydrogens is 512 g/mol. The number of hydrogen-bond donors (Lipinski definition) is 3. The predicted molar refractivity (Wildman–Crippen MR) is 151 cm³/mol. The van der Waals surface area contributed by atoms with Crippen LogP contribution < -0.4 is 16.3 Å². The highest BCUT2D eigenvalue weighted by molar-refractivity contribution is 5.97. The van der Waals surface area contributed by atoms with Gasteiger partial charge in [-0.2, -0.15) is 0 Å². The van der Waals surface area contributed by atoms with Gasteiger partial charge in [-0.05, 0) is 42.4 Å². The van der Waals surface area contributed by atoms with Crippen molar-refractivity contribution < 1.29 is 28.3 Å². The third kappa shape index (κ3) is 6.42. The van der Waals surface area contributed by atoms with Crippen LogP contribution in [-0.2, 0) is 26.2 Å². The Morgan fingerprint density at radius 2 is 1.73 bits per heavy atom. The highest BCUT2D eigenvalue weighted by Crippen LogP contribution is 2.35. The fourth-order valence-corrected chi connectivity index (χ4v) is 4.75. The third-order valence-electron chi connectivity index (χ3n) is 6.96. The second kappa shape index (κ2) is 11.8. The minimum atomic E-state index is -0.960. The minimum Gasteiger partial charge on any atom is -0.481 e. The second-order valence-corrected chi connectivity index (χ2v) is 10.9. The van der Waals surface area contributed by atoms with Gasteiger partial charge in [-0.25, -0.2) is 4.79 Å². The van der Waals surface area contributed by atoms with Crippen molar-refractivity contribution in [3.05, 3.63) is 81.4 Å². The Morgan fingerprint density at radius 3 is 2.40 bits per heavy atom. The Labute approximate surface area is 231 Å². The first-order valence-electron chi connectivity index (χ1n) is 13.3.